The molecule has 174 valence electrons. The first kappa shape index (κ1) is 23.4. The Morgan fingerprint density at radius 1 is 1.15 bits per heavy atom. The van der Waals surface area contributed by atoms with Crippen LogP contribution in [0.2, 0.25) is 5.02 Å². The molecule has 0 aliphatic heterocycles. The predicted molar refractivity (Wildman–Crippen MR) is 135 cm³/mol. The third-order valence-electron chi connectivity index (χ3n) is 5.44. The van der Waals surface area contributed by atoms with E-state index in [9.17, 15) is 4.21 Å². The number of nitrogens with zero attached hydrogens (tertiary/aromatic N) is 3. The van der Waals surface area contributed by atoms with Crippen molar-refractivity contribution >= 4 is 56.0 Å². The monoisotopic (exact) mass is 486 g/mol. The highest BCUT2D eigenvalue weighted by molar-refractivity contribution is 7.83. The number of anilines is 2. The van der Waals surface area contributed by atoms with Crippen molar-refractivity contribution in [3.05, 3.63) is 53.3 Å². The molecule has 1 unspecified atom stereocenters. The standard InChI is InChI=1S/C23H27ClN6O2S/c1-32-13-10-20-29-21-22(16-6-2-3-7-19(16)28-23(21)26)30(20)12-5-4-11-27-33(31)15-8-9-17(24)18(25)14-15/h2-3,6-9,14,27H,4-5,10-13,25H2,1H3,(H2,26,28). The number of hydrogen-bond donors (Lipinski definition) is 3. The van der Waals surface area contributed by atoms with Gasteiger partial charge in [0.2, 0.25) is 0 Å². The molecule has 0 fully saturated rings. The summed E-state index contributed by atoms with van der Waals surface area (Å²) in [6.45, 7) is 1.92. The van der Waals surface area contributed by atoms with Gasteiger partial charge >= 0.3 is 0 Å². The van der Waals surface area contributed by atoms with Crippen LogP contribution in [0, 0.1) is 0 Å². The van der Waals surface area contributed by atoms with E-state index in [-0.39, 0.29) is 0 Å². The minimum Gasteiger partial charge on any atom is -0.397 e. The minimum absolute atomic E-state index is 0.417. The fraction of sp³-hybridized carbons (Fsp3) is 0.304. The van der Waals surface area contributed by atoms with Gasteiger partial charge in [0.15, 0.2) is 5.82 Å². The third-order valence-corrected chi connectivity index (χ3v) is 6.93. The number of halogens is 1. The van der Waals surface area contributed by atoms with Crippen LogP contribution in [0.3, 0.4) is 0 Å². The summed E-state index contributed by atoms with van der Waals surface area (Å²) in [4.78, 5) is 9.91. The van der Waals surface area contributed by atoms with Crippen LogP contribution in [0.1, 0.15) is 18.7 Å². The number of rotatable bonds is 10. The number of para-hydroxylation sites is 1. The van der Waals surface area contributed by atoms with Gasteiger partial charge in [-0.05, 0) is 37.1 Å². The second kappa shape index (κ2) is 10.5. The lowest BCUT2D eigenvalue weighted by atomic mass is 10.2. The normalized spacial score (nSPS) is 12.5. The highest BCUT2D eigenvalue weighted by atomic mass is 35.5. The maximum Gasteiger partial charge on any atom is 0.152 e. The number of nitrogen functional groups attached to an aromatic ring is 2. The van der Waals surface area contributed by atoms with Gasteiger partial charge in [-0.1, -0.05) is 29.8 Å². The van der Waals surface area contributed by atoms with E-state index in [1.165, 1.54) is 0 Å². The molecule has 4 aromatic rings. The molecule has 0 bridgehead atoms. The summed E-state index contributed by atoms with van der Waals surface area (Å²) in [6.07, 6.45) is 2.38. The first-order valence-corrected chi connectivity index (χ1v) is 12.2. The summed E-state index contributed by atoms with van der Waals surface area (Å²) in [7, 11) is 0.335. The van der Waals surface area contributed by atoms with Crippen LogP contribution in [0.15, 0.2) is 47.4 Å². The number of nitrogens with one attached hydrogen (secondary N) is 1. The second-order valence-corrected chi connectivity index (χ2v) is 9.39. The van der Waals surface area contributed by atoms with E-state index in [0.717, 1.165) is 47.1 Å². The molecular weight excluding hydrogens is 460 g/mol. The van der Waals surface area contributed by atoms with Crippen molar-refractivity contribution in [2.24, 2.45) is 0 Å². The van der Waals surface area contributed by atoms with Crippen LogP contribution in [0.4, 0.5) is 11.5 Å². The molecule has 0 spiro atoms. The summed E-state index contributed by atoms with van der Waals surface area (Å²) in [6, 6.07) is 13.0. The van der Waals surface area contributed by atoms with E-state index < -0.39 is 11.0 Å². The Bertz CT molecular complexity index is 1310. The maximum atomic E-state index is 12.5. The first-order valence-electron chi connectivity index (χ1n) is 10.7. The number of methoxy groups -OCH3 is 1. The Morgan fingerprint density at radius 3 is 2.76 bits per heavy atom. The molecule has 1 atom stereocenters. The summed E-state index contributed by atoms with van der Waals surface area (Å²) in [5.41, 5.74) is 15.0. The van der Waals surface area contributed by atoms with Crippen LogP contribution >= 0.6 is 11.6 Å². The van der Waals surface area contributed by atoms with Gasteiger partial charge in [0, 0.05) is 32.0 Å². The van der Waals surface area contributed by atoms with Gasteiger partial charge in [0.1, 0.15) is 22.3 Å². The Labute approximate surface area is 199 Å². The first-order chi connectivity index (χ1) is 16.0. The molecule has 5 N–H and O–H groups in total. The average Bonchev–Trinajstić information content (AvgIpc) is 3.18. The predicted octanol–water partition coefficient (Wildman–Crippen LogP) is 3.68. The molecule has 0 saturated heterocycles. The molecule has 2 heterocycles. The highest BCUT2D eigenvalue weighted by Gasteiger charge is 2.17. The van der Waals surface area contributed by atoms with E-state index in [4.69, 9.17) is 32.8 Å². The molecule has 10 heteroatoms. The molecule has 8 nitrogen and oxygen atoms in total. The van der Waals surface area contributed by atoms with Crippen LogP contribution < -0.4 is 16.2 Å². The molecule has 4 rings (SSSR count). The molecule has 0 aliphatic carbocycles. The minimum atomic E-state index is -1.34. The Balaban J connectivity index is 1.48. The van der Waals surface area contributed by atoms with Gasteiger partial charge in [-0.2, -0.15) is 0 Å². The second-order valence-electron chi connectivity index (χ2n) is 7.69. The van der Waals surface area contributed by atoms with Crippen molar-refractivity contribution in [2.45, 2.75) is 30.7 Å². The summed E-state index contributed by atoms with van der Waals surface area (Å²) in [5, 5.41) is 1.48. The number of ether oxygens (including phenoxy) is 1. The van der Waals surface area contributed by atoms with E-state index in [2.05, 4.69) is 14.3 Å². The molecule has 2 aromatic carbocycles. The highest BCUT2D eigenvalue weighted by Crippen LogP contribution is 2.29. The van der Waals surface area contributed by atoms with E-state index >= 15 is 0 Å². The van der Waals surface area contributed by atoms with Crippen LogP contribution in [-0.2, 0) is 28.7 Å². The number of aryl methyl sites for hydroxylation is 1. The Morgan fingerprint density at radius 2 is 1.97 bits per heavy atom. The quantitative estimate of drug-likeness (QED) is 0.232. The largest absolute Gasteiger partial charge is 0.397 e. The summed E-state index contributed by atoms with van der Waals surface area (Å²) < 4.78 is 23.0. The van der Waals surface area contributed by atoms with Crippen molar-refractivity contribution < 1.29 is 8.95 Å². The zero-order valence-corrected chi connectivity index (χ0v) is 20.0. The third kappa shape index (κ3) is 5.11. The Hall–Kier alpha value is -2.72. The van der Waals surface area contributed by atoms with Crippen molar-refractivity contribution in [3.63, 3.8) is 0 Å². The number of nitrogens with two attached hydrogens (primary N) is 2. The van der Waals surface area contributed by atoms with Gasteiger partial charge in [0.05, 0.1) is 33.2 Å². The molecule has 2 aromatic heterocycles. The topological polar surface area (TPSA) is 121 Å². The SMILES string of the molecule is COCCc1nc2c(N)nc3ccccc3c2n1CCCCNS(=O)c1ccc(Cl)c(N)c1. The number of aromatic nitrogens is 3. The summed E-state index contributed by atoms with van der Waals surface area (Å²) in [5.74, 6) is 1.35. The van der Waals surface area contributed by atoms with E-state index in [1.54, 1.807) is 25.3 Å². The van der Waals surface area contributed by atoms with E-state index in [1.807, 2.05) is 24.3 Å². The van der Waals surface area contributed by atoms with Gasteiger partial charge in [-0.3, -0.25) is 0 Å². The fourth-order valence-corrected chi connectivity index (χ4v) is 4.85. The molecule has 33 heavy (non-hydrogen) atoms. The van der Waals surface area contributed by atoms with Gasteiger partial charge in [0.25, 0.3) is 0 Å². The zero-order chi connectivity index (χ0) is 23.4. The van der Waals surface area contributed by atoms with Crippen LogP contribution in [-0.4, -0.2) is 39.0 Å². The van der Waals surface area contributed by atoms with Gasteiger partial charge in [-0.25, -0.2) is 18.9 Å². The number of fused-ring (bicyclic) bond motifs is 3. The van der Waals surface area contributed by atoms with Crippen molar-refractivity contribution in [3.8, 4) is 0 Å². The lowest BCUT2D eigenvalue weighted by Gasteiger charge is -2.11. The maximum absolute atomic E-state index is 12.5. The molecular formula is C23H27ClN6O2S. The van der Waals surface area contributed by atoms with Crippen molar-refractivity contribution in [1.82, 2.24) is 19.3 Å². The smallest absolute Gasteiger partial charge is 0.152 e. The lowest BCUT2D eigenvalue weighted by Crippen LogP contribution is -2.19. The molecule has 0 aliphatic rings. The number of benzene rings is 2. The average molecular weight is 487 g/mol. The summed E-state index contributed by atoms with van der Waals surface area (Å²) >= 11 is 5.94. The number of unbranched alkanes of at least 4 members (excludes halogenated alkanes) is 1. The Kier molecular flexibility index (Phi) is 7.44. The lowest BCUT2D eigenvalue weighted by molar-refractivity contribution is 0.199. The van der Waals surface area contributed by atoms with E-state index in [0.29, 0.717) is 41.0 Å². The molecule has 0 amide bonds. The fourth-order valence-electron chi connectivity index (χ4n) is 3.81. The van der Waals surface area contributed by atoms with Crippen molar-refractivity contribution in [1.29, 1.82) is 0 Å². The van der Waals surface area contributed by atoms with Crippen LogP contribution in [0.25, 0.3) is 21.9 Å². The zero-order valence-electron chi connectivity index (χ0n) is 18.4. The van der Waals surface area contributed by atoms with Crippen LogP contribution in [0.5, 0.6) is 0 Å². The number of pyridine rings is 1. The number of hydrogen-bond acceptors (Lipinski definition) is 6. The van der Waals surface area contributed by atoms with Crippen molar-refractivity contribution in [2.75, 3.05) is 31.7 Å². The molecule has 0 saturated carbocycles. The van der Waals surface area contributed by atoms with Gasteiger partial charge in [-0.15, -0.1) is 0 Å². The van der Waals surface area contributed by atoms with Gasteiger partial charge < -0.3 is 20.8 Å². The number of imidazole rings is 1. The molecule has 0 radical (unpaired) electrons.